The number of hydrogen-bond acceptors (Lipinski definition) is 3. The van der Waals surface area contributed by atoms with Crippen LogP contribution in [0.2, 0.25) is 0 Å². The Balaban J connectivity index is 2.13. The normalized spacial score (nSPS) is 11.0. The Labute approximate surface area is 123 Å². The highest BCUT2D eigenvalue weighted by Gasteiger charge is 2.11. The van der Waals surface area contributed by atoms with Crippen molar-refractivity contribution < 1.29 is 4.39 Å². The zero-order chi connectivity index (χ0) is 14.7. The summed E-state index contributed by atoms with van der Waals surface area (Å²) in [6.45, 7) is 1.32. The summed E-state index contributed by atoms with van der Waals surface area (Å²) in [5.41, 5.74) is 7.15. The Hall–Kier alpha value is -1.79. The largest absolute Gasteiger partial charge is 0.389 e. The number of nitrogens with two attached hydrogens (primary N) is 1. The number of rotatable bonds is 5. The van der Waals surface area contributed by atoms with E-state index in [9.17, 15) is 4.39 Å². The van der Waals surface area contributed by atoms with Crippen molar-refractivity contribution in [1.82, 2.24) is 14.5 Å². The molecule has 0 fully saturated rings. The summed E-state index contributed by atoms with van der Waals surface area (Å²) in [5.74, 6) is 0.634. The molecule has 0 aliphatic heterocycles. The highest BCUT2D eigenvalue weighted by Crippen LogP contribution is 2.14. The van der Waals surface area contributed by atoms with Gasteiger partial charge in [0, 0.05) is 31.5 Å². The number of aryl methyl sites for hydroxylation is 1. The molecule has 0 amide bonds. The molecule has 0 spiro atoms. The van der Waals surface area contributed by atoms with E-state index in [1.807, 2.05) is 24.9 Å². The highest BCUT2D eigenvalue weighted by molar-refractivity contribution is 7.80. The third-order valence-electron chi connectivity index (χ3n) is 3.11. The maximum absolute atomic E-state index is 13.3. The predicted octanol–water partition coefficient (Wildman–Crippen LogP) is 1.83. The highest BCUT2D eigenvalue weighted by atomic mass is 32.1. The predicted molar refractivity (Wildman–Crippen MR) is 80.7 cm³/mol. The van der Waals surface area contributed by atoms with Crippen LogP contribution < -0.4 is 5.73 Å². The van der Waals surface area contributed by atoms with Gasteiger partial charge in [0.1, 0.15) is 16.6 Å². The summed E-state index contributed by atoms with van der Waals surface area (Å²) in [5, 5.41) is 0. The van der Waals surface area contributed by atoms with E-state index in [2.05, 4.69) is 9.88 Å². The fraction of sp³-hybridized carbons (Fsp3) is 0.286. The Bertz CT molecular complexity index is 623. The Morgan fingerprint density at radius 1 is 1.45 bits per heavy atom. The molecule has 106 valence electrons. The molecule has 0 atom stereocenters. The molecule has 2 N–H and O–H groups in total. The van der Waals surface area contributed by atoms with Gasteiger partial charge in [0.15, 0.2) is 0 Å². The van der Waals surface area contributed by atoms with Crippen molar-refractivity contribution in [2.45, 2.75) is 13.1 Å². The minimum Gasteiger partial charge on any atom is -0.389 e. The van der Waals surface area contributed by atoms with Gasteiger partial charge in [0.05, 0.1) is 6.54 Å². The quantitative estimate of drug-likeness (QED) is 0.854. The van der Waals surface area contributed by atoms with E-state index in [-0.39, 0.29) is 10.8 Å². The second-order valence-corrected chi connectivity index (χ2v) is 5.23. The second-order valence-electron chi connectivity index (χ2n) is 4.79. The standard InChI is InChI=1S/C14H17FN4S/c1-18(9-13-17-5-6-19(13)2)8-10-3-4-11(15)7-12(10)14(16)20/h3-7H,8-9H2,1-2H3,(H2,16,20). The van der Waals surface area contributed by atoms with Gasteiger partial charge in [-0.15, -0.1) is 0 Å². The first-order chi connectivity index (χ1) is 9.47. The number of benzene rings is 1. The molecule has 0 aliphatic rings. The first-order valence-electron chi connectivity index (χ1n) is 6.20. The van der Waals surface area contributed by atoms with Crippen molar-refractivity contribution in [1.29, 1.82) is 0 Å². The van der Waals surface area contributed by atoms with Crippen LogP contribution in [0.15, 0.2) is 30.6 Å². The van der Waals surface area contributed by atoms with Crippen LogP contribution in [0.3, 0.4) is 0 Å². The number of nitrogens with zero attached hydrogens (tertiary/aromatic N) is 3. The number of aromatic nitrogens is 2. The zero-order valence-electron chi connectivity index (χ0n) is 11.5. The fourth-order valence-electron chi connectivity index (χ4n) is 2.05. The molecule has 0 unspecified atom stereocenters. The van der Waals surface area contributed by atoms with Crippen LogP contribution in [0.1, 0.15) is 17.0 Å². The van der Waals surface area contributed by atoms with Gasteiger partial charge in [-0.2, -0.15) is 0 Å². The van der Waals surface area contributed by atoms with Crippen LogP contribution in [0, 0.1) is 5.82 Å². The molecule has 6 heteroatoms. The van der Waals surface area contributed by atoms with Crippen molar-refractivity contribution in [2.24, 2.45) is 12.8 Å². The monoisotopic (exact) mass is 292 g/mol. The van der Waals surface area contributed by atoms with Gasteiger partial charge < -0.3 is 10.3 Å². The zero-order valence-corrected chi connectivity index (χ0v) is 12.3. The lowest BCUT2D eigenvalue weighted by Gasteiger charge is -2.18. The molecule has 0 saturated heterocycles. The van der Waals surface area contributed by atoms with E-state index in [4.69, 9.17) is 18.0 Å². The molecule has 1 aromatic heterocycles. The third kappa shape index (κ3) is 3.40. The molecule has 2 aromatic rings. The topological polar surface area (TPSA) is 47.1 Å². The SMILES string of the molecule is CN(Cc1ccc(F)cc1C(N)=S)Cc1nccn1C. The van der Waals surface area contributed by atoms with Crippen molar-refractivity contribution in [3.8, 4) is 0 Å². The molecule has 2 rings (SSSR count). The van der Waals surface area contributed by atoms with E-state index in [1.54, 1.807) is 12.3 Å². The molecule has 4 nitrogen and oxygen atoms in total. The van der Waals surface area contributed by atoms with Crippen LogP contribution in [-0.4, -0.2) is 26.5 Å². The van der Waals surface area contributed by atoms with Crippen molar-refractivity contribution in [3.63, 3.8) is 0 Å². The first-order valence-corrected chi connectivity index (χ1v) is 6.61. The summed E-state index contributed by atoms with van der Waals surface area (Å²) in [7, 11) is 3.93. The van der Waals surface area contributed by atoms with Crippen molar-refractivity contribution in [3.05, 3.63) is 53.4 Å². The summed E-state index contributed by atoms with van der Waals surface area (Å²) in [6.07, 6.45) is 3.67. The molecule has 20 heavy (non-hydrogen) atoms. The van der Waals surface area contributed by atoms with Crippen molar-refractivity contribution in [2.75, 3.05) is 7.05 Å². The molecule has 1 aromatic carbocycles. The Kier molecular flexibility index (Phi) is 4.46. The average Bonchev–Trinajstić information content (AvgIpc) is 2.77. The van der Waals surface area contributed by atoms with Crippen LogP contribution in [0.25, 0.3) is 0 Å². The van der Waals surface area contributed by atoms with Gasteiger partial charge in [-0.3, -0.25) is 4.90 Å². The maximum Gasteiger partial charge on any atom is 0.123 e. The maximum atomic E-state index is 13.3. The van der Waals surface area contributed by atoms with E-state index < -0.39 is 0 Å². The Morgan fingerprint density at radius 2 is 2.20 bits per heavy atom. The number of thiocarbonyl (C=S) groups is 1. The molecule has 1 heterocycles. The molecule has 0 saturated carbocycles. The van der Waals surface area contributed by atoms with E-state index >= 15 is 0 Å². The van der Waals surface area contributed by atoms with E-state index in [1.165, 1.54) is 12.1 Å². The number of hydrogen-bond donors (Lipinski definition) is 1. The number of halogens is 1. The molecule has 0 bridgehead atoms. The lowest BCUT2D eigenvalue weighted by Crippen LogP contribution is -2.22. The van der Waals surface area contributed by atoms with Crippen molar-refractivity contribution >= 4 is 17.2 Å². The van der Waals surface area contributed by atoms with Crippen LogP contribution in [0.4, 0.5) is 4.39 Å². The van der Waals surface area contributed by atoms with Gasteiger partial charge in [-0.25, -0.2) is 9.37 Å². The van der Waals surface area contributed by atoms with Gasteiger partial charge in [0.25, 0.3) is 0 Å². The van der Waals surface area contributed by atoms with Crippen LogP contribution in [0.5, 0.6) is 0 Å². The smallest absolute Gasteiger partial charge is 0.123 e. The van der Waals surface area contributed by atoms with Crippen LogP contribution in [-0.2, 0) is 20.1 Å². The summed E-state index contributed by atoms with van der Waals surface area (Å²) >= 11 is 4.97. The lowest BCUT2D eigenvalue weighted by atomic mass is 10.1. The van der Waals surface area contributed by atoms with E-state index in [0.717, 1.165) is 11.4 Å². The average molecular weight is 292 g/mol. The first kappa shape index (κ1) is 14.6. The summed E-state index contributed by atoms with van der Waals surface area (Å²) in [6, 6.07) is 4.52. The van der Waals surface area contributed by atoms with Gasteiger partial charge in [-0.05, 0) is 24.7 Å². The molecular weight excluding hydrogens is 275 g/mol. The van der Waals surface area contributed by atoms with Crippen LogP contribution >= 0.6 is 12.2 Å². The Morgan fingerprint density at radius 3 is 2.80 bits per heavy atom. The van der Waals surface area contributed by atoms with Gasteiger partial charge in [-0.1, -0.05) is 18.3 Å². The molecular formula is C14H17FN4S. The third-order valence-corrected chi connectivity index (χ3v) is 3.33. The number of imidazole rings is 1. The second kappa shape index (κ2) is 6.11. The lowest BCUT2D eigenvalue weighted by molar-refractivity contribution is 0.307. The summed E-state index contributed by atoms with van der Waals surface area (Å²) in [4.78, 5) is 6.57. The summed E-state index contributed by atoms with van der Waals surface area (Å²) < 4.78 is 15.2. The van der Waals surface area contributed by atoms with Gasteiger partial charge >= 0.3 is 0 Å². The minimum absolute atomic E-state index is 0.213. The fourth-order valence-corrected chi connectivity index (χ4v) is 2.24. The molecule has 0 radical (unpaired) electrons. The molecule has 0 aliphatic carbocycles. The van der Waals surface area contributed by atoms with E-state index in [0.29, 0.717) is 18.7 Å². The minimum atomic E-state index is -0.330. The van der Waals surface area contributed by atoms with Gasteiger partial charge in [0.2, 0.25) is 0 Å².